The second-order valence-corrected chi connectivity index (χ2v) is 9.71. The molecule has 0 unspecified atom stereocenters. The Labute approximate surface area is 199 Å². The Bertz CT molecular complexity index is 844. The number of fused-ring (bicyclic) bond motifs is 1. The Balaban J connectivity index is 1.61. The number of hydrogen-bond acceptors (Lipinski definition) is 7. The summed E-state index contributed by atoms with van der Waals surface area (Å²) in [6.07, 6.45) is 2.82. The van der Waals surface area contributed by atoms with E-state index in [0.29, 0.717) is 11.7 Å². The van der Waals surface area contributed by atoms with Gasteiger partial charge in [0.2, 0.25) is 5.91 Å². The van der Waals surface area contributed by atoms with E-state index < -0.39 is 36.4 Å². The number of para-hydroxylation sites is 1. The average Bonchev–Trinajstić information content (AvgIpc) is 2.95. The van der Waals surface area contributed by atoms with Crippen molar-refractivity contribution in [2.45, 2.75) is 67.5 Å². The van der Waals surface area contributed by atoms with E-state index in [1.54, 1.807) is 7.05 Å². The van der Waals surface area contributed by atoms with E-state index in [1.165, 1.54) is 36.3 Å². The first-order chi connectivity index (χ1) is 15.8. The number of aliphatic hydroxyl groups is 3. The largest absolute Gasteiger partial charge is 0.387 e. The maximum Gasteiger partial charge on any atom is 0.252 e. The van der Waals surface area contributed by atoms with Crippen molar-refractivity contribution in [2.75, 3.05) is 24.8 Å². The van der Waals surface area contributed by atoms with Crippen molar-refractivity contribution in [2.24, 2.45) is 5.92 Å². The molecule has 4 N–H and O–H groups in total. The number of aliphatic hydroxyl groups excluding tert-OH is 3. The maximum absolute atomic E-state index is 12.9. The van der Waals surface area contributed by atoms with E-state index in [2.05, 4.69) is 5.32 Å². The van der Waals surface area contributed by atoms with E-state index >= 15 is 0 Å². The molecule has 0 saturated heterocycles. The zero-order valence-electron chi connectivity index (χ0n) is 19.1. The lowest BCUT2D eigenvalue weighted by atomic mass is 9.88. The maximum atomic E-state index is 12.9. The molecule has 1 heterocycles. The summed E-state index contributed by atoms with van der Waals surface area (Å²) in [6.45, 7) is 0. The highest BCUT2D eigenvalue weighted by atomic mass is 32.2. The third-order valence-electron chi connectivity index (χ3n) is 6.33. The van der Waals surface area contributed by atoms with Gasteiger partial charge in [-0.05, 0) is 30.9 Å². The molecule has 1 fully saturated rings. The summed E-state index contributed by atoms with van der Waals surface area (Å²) < 4.78 is 5.15. The summed E-state index contributed by atoms with van der Waals surface area (Å²) in [5.41, 5.74) is 0.760. The third kappa shape index (κ3) is 6.36. The van der Waals surface area contributed by atoms with E-state index in [9.17, 15) is 24.9 Å². The molecule has 0 radical (unpaired) electrons. The quantitative estimate of drug-likeness (QED) is 0.418. The molecule has 1 aliphatic heterocycles. The van der Waals surface area contributed by atoms with Crippen LogP contribution in [0.4, 0.5) is 5.69 Å². The number of nitrogens with zero attached hydrogens (tertiary/aromatic N) is 1. The normalized spacial score (nSPS) is 23.5. The average molecular weight is 479 g/mol. The number of benzene rings is 1. The molecule has 0 spiro atoms. The van der Waals surface area contributed by atoms with Crippen LogP contribution in [0.25, 0.3) is 0 Å². The van der Waals surface area contributed by atoms with Gasteiger partial charge in [0.15, 0.2) is 6.10 Å². The Hall–Kier alpha value is -1.91. The molecular weight excluding hydrogens is 444 g/mol. The number of hydrogen-bond donors (Lipinski definition) is 4. The number of nitrogens with one attached hydrogen (secondary N) is 1. The fourth-order valence-electron chi connectivity index (χ4n) is 4.30. The lowest BCUT2D eigenvalue weighted by molar-refractivity contribution is -0.150. The van der Waals surface area contributed by atoms with Gasteiger partial charge in [0.05, 0.1) is 5.69 Å². The first kappa shape index (κ1) is 25.7. The van der Waals surface area contributed by atoms with Crippen LogP contribution in [0.3, 0.4) is 0 Å². The van der Waals surface area contributed by atoms with E-state index in [-0.39, 0.29) is 5.91 Å². The molecule has 182 valence electrons. The van der Waals surface area contributed by atoms with Gasteiger partial charge < -0.3 is 30.3 Å². The van der Waals surface area contributed by atoms with Crippen LogP contribution in [0, 0.1) is 5.92 Å². The number of allylic oxidation sites excluding steroid dienone is 1. The highest BCUT2D eigenvalue weighted by molar-refractivity contribution is 7.99. The predicted molar refractivity (Wildman–Crippen MR) is 127 cm³/mol. The number of thioether (sulfide) groups is 1. The lowest BCUT2D eigenvalue weighted by Crippen LogP contribution is -2.56. The molecule has 5 atom stereocenters. The second-order valence-electron chi connectivity index (χ2n) is 8.65. The second kappa shape index (κ2) is 12.0. The molecule has 1 aromatic rings. The van der Waals surface area contributed by atoms with Crippen LogP contribution in [-0.4, -0.2) is 77.5 Å². The Morgan fingerprint density at radius 3 is 2.58 bits per heavy atom. The van der Waals surface area contributed by atoms with Crippen molar-refractivity contribution >= 4 is 29.3 Å². The number of carbonyl (C=O) groups is 2. The predicted octanol–water partition coefficient (Wildman–Crippen LogP) is 1.47. The summed E-state index contributed by atoms with van der Waals surface area (Å²) in [7, 11) is 2.88. The van der Waals surface area contributed by atoms with Crippen LogP contribution in [0.15, 0.2) is 41.3 Å². The molecular formula is C24H34N2O6S. The molecule has 2 aliphatic rings. The van der Waals surface area contributed by atoms with Gasteiger partial charge in [-0.2, -0.15) is 0 Å². The van der Waals surface area contributed by atoms with Crippen molar-refractivity contribution in [3.05, 3.63) is 36.4 Å². The summed E-state index contributed by atoms with van der Waals surface area (Å²) in [5.74, 6) is -0.362. The standard InChI is InChI=1S/C24H34N2O6S/c1-26-17-10-6-7-11-19(17)33-14-16(24(26)31)25-23(30)22(32-2)21(29)20(28)18(27)13-12-15-8-4-3-5-9-15/h6-7,10-13,15-16,18,20-22,27-29H,3-5,8-9,14H2,1-2H3,(H,25,30)/b13-12+/t16-,18+,20-,21+,22+/m0/s1. The van der Waals surface area contributed by atoms with E-state index in [4.69, 9.17) is 4.74 Å². The van der Waals surface area contributed by atoms with Gasteiger partial charge in [-0.3, -0.25) is 9.59 Å². The number of carbonyl (C=O) groups excluding carboxylic acids is 2. The van der Waals surface area contributed by atoms with Crippen molar-refractivity contribution < 1.29 is 29.6 Å². The Morgan fingerprint density at radius 2 is 1.88 bits per heavy atom. The fourth-order valence-corrected chi connectivity index (χ4v) is 5.40. The van der Waals surface area contributed by atoms with Crippen molar-refractivity contribution in [3.63, 3.8) is 0 Å². The topological polar surface area (TPSA) is 119 Å². The van der Waals surface area contributed by atoms with Crippen LogP contribution in [0.2, 0.25) is 0 Å². The highest BCUT2D eigenvalue weighted by Crippen LogP contribution is 2.33. The van der Waals surface area contributed by atoms with Gasteiger partial charge in [-0.25, -0.2) is 0 Å². The SMILES string of the molecule is CO[C@@H](C(=O)N[C@H]1CSc2ccccc2N(C)C1=O)[C@H](O)[C@@H](O)[C@H](O)/C=C/C1CCCCC1. The van der Waals surface area contributed by atoms with E-state index in [1.807, 2.05) is 30.3 Å². The highest BCUT2D eigenvalue weighted by Gasteiger charge is 2.38. The Kier molecular flexibility index (Phi) is 9.34. The summed E-state index contributed by atoms with van der Waals surface area (Å²) in [4.78, 5) is 28.2. The molecule has 2 amide bonds. The summed E-state index contributed by atoms with van der Waals surface area (Å²) in [5, 5.41) is 34.0. The molecule has 1 aliphatic carbocycles. The van der Waals surface area contributed by atoms with E-state index in [0.717, 1.165) is 36.3 Å². The molecule has 1 saturated carbocycles. The van der Waals surface area contributed by atoms with Crippen LogP contribution >= 0.6 is 11.8 Å². The number of likely N-dealkylation sites (N-methyl/N-ethyl adjacent to an activating group) is 1. The van der Waals surface area contributed by atoms with Gasteiger partial charge in [0.25, 0.3) is 5.91 Å². The Morgan fingerprint density at radius 1 is 1.18 bits per heavy atom. The van der Waals surface area contributed by atoms with Crippen molar-refractivity contribution in [3.8, 4) is 0 Å². The van der Waals surface area contributed by atoms with Crippen molar-refractivity contribution in [1.82, 2.24) is 5.32 Å². The van der Waals surface area contributed by atoms with Crippen LogP contribution < -0.4 is 10.2 Å². The zero-order valence-corrected chi connectivity index (χ0v) is 19.9. The molecule has 0 bridgehead atoms. The zero-order chi connectivity index (χ0) is 24.0. The van der Waals surface area contributed by atoms with Gasteiger partial charge in [0, 0.05) is 24.8 Å². The molecule has 33 heavy (non-hydrogen) atoms. The molecule has 1 aromatic carbocycles. The minimum atomic E-state index is -1.68. The van der Waals surface area contributed by atoms with Gasteiger partial charge in [-0.15, -0.1) is 11.8 Å². The van der Waals surface area contributed by atoms with Crippen molar-refractivity contribution in [1.29, 1.82) is 0 Å². The first-order valence-corrected chi connectivity index (χ1v) is 12.4. The number of methoxy groups -OCH3 is 1. The smallest absolute Gasteiger partial charge is 0.252 e. The van der Waals surface area contributed by atoms with Gasteiger partial charge in [-0.1, -0.05) is 43.5 Å². The van der Waals surface area contributed by atoms with Gasteiger partial charge in [0.1, 0.15) is 24.4 Å². The van der Waals surface area contributed by atoms with Gasteiger partial charge >= 0.3 is 0 Å². The van der Waals surface area contributed by atoms with Crippen LogP contribution in [0.1, 0.15) is 32.1 Å². The molecule has 8 nitrogen and oxygen atoms in total. The molecule has 3 rings (SSSR count). The van der Waals surface area contributed by atoms with Crippen LogP contribution in [-0.2, 0) is 14.3 Å². The third-order valence-corrected chi connectivity index (χ3v) is 7.49. The monoisotopic (exact) mass is 478 g/mol. The number of ether oxygens (including phenoxy) is 1. The number of rotatable bonds is 8. The fraction of sp³-hybridized carbons (Fsp3) is 0.583. The summed E-state index contributed by atoms with van der Waals surface area (Å²) in [6, 6.07) is 6.64. The number of anilines is 1. The first-order valence-electron chi connectivity index (χ1n) is 11.4. The molecule has 0 aromatic heterocycles. The summed E-state index contributed by atoms with van der Waals surface area (Å²) >= 11 is 1.45. The minimum Gasteiger partial charge on any atom is -0.387 e. The molecule has 9 heteroatoms. The van der Waals surface area contributed by atoms with Crippen LogP contribution in [0.5, 0.6) is 0 Å². The minimum absolute atomic E-state index is 0.291. The number of amides is 2. The lowest BCUT2D eigenvalue weighted by Gasteiger charge is -2.29.